The molecule has 0 unspecified atom stereocenters. The maximum Gasteiger partial charge on any atom is 0.255 e. The zero-order chi connectivity index (χ0) is 16.1. The molecule has 22 heavy (non-hydrogen) atoms. The summed E-state index contributed by atoms with van der Waals surface area (Å²) in [6.07, 6.45) is 0. The molecule has 0 aliphatic rings. The summed E-state index contributed by atoms with van der Waals surface area (Å²) in [6, 6.07) is 12.7. The van der Waals surface area contributed by atoms with Crippen LogP contribution in [0.1, 0.15) is 10.4 Å². The van der Waals surface area contributed by atoms with Gasteiger partial charge in [-0.3, -0.25) is 4.79 Å². The number of methoxy groups -OCH3 is 2. The van der Waals surface area contributed by atoms with Gasteiger partial charge >= 0.3 is 0 Å². The van der Waals surface area contributed by atoms with Gasteiger partial charge in [0.05, 0.1) is 14.2 Å². The summed E-state index contributed by atoms with van der Waals surface area (Å²) in [5, 5.41) is 2.86. The van der Waals surface area contributed by atoms with Gasteiger partial charge in [0.15, 0.2) is 11.5 Å². The fourth-order valence-electron chi connectivity index (χ4n) is 2.02. The number of hydrogen-bond donors (Lipinski definition) is 1. The lowest BCUT2D eigenvalue weighted by Crippen LogP contribution is -2.13. The van der Waals surface area contributed by atoms with Crippen molar-refractivity contribution < 1.29 is 14.3 Å². The summed E-state index contributed by atoms with van der Waals surface area (Å²) in [5.74, 6) is 0.922. The summed E-state index contributed by atoms with van der Waals surface area (Å²) in [7, 11) is 7.04. The lowest BCUT2D eigenvalue weighted by atomic mass is 10.1. The van der Waals surface area contributed by atoms with Crippen LogP contribution in [0.4, 0.5) is 11.4 Å². The van der Waals surface area contributed by atoms with Crippen LogP contribution in [0, 0.1) is 0 Å². The smallest absolute Gasteiger partial charge is 0.255 e. The second-order valence-corrected chi connectivity index (χ2v) is 4.97. The van der Waals surface area contributed by atoms with E-state index in [-0.39, 0.29) is 5.91 Å². The van der Waals surface area contributed by atoms with Gasteiger partial charge in [-0.1, -0.05) is 0 Å². The van der Waals surface area contributed by atoms with Crippen molar-refractivity contribution >= 4 is 17.3 Å². The molecule has 0 fully saturated rings. The van der Waals surface area contributed by atoms with E-state index < -0.39 is 0 Å². The van der Waals surface area contributed by atoms with Crippen LogP contribution in [0.25, 0.3) is 0 Å². The molecule has 0 atom stereocenters. The van der Waals surface area contributed by atoms with Crippen LogP contribution in [0.15, 0.2) is 42.5 Å². The van der Waals surface area contributed by atoms with E-state index in [1.165, 1.54) is 0 Å². The molecule has 0 bridgehead atoms. The Morgan fingerprint density at radius 2 is 1.59 bits per heavy atom. The Bertz CT molecular complexity index is 651. The number of hydrogen-bond acceptors (Lipinski definition) is 4. The summed E-state index contributed by atoms with van der Waals surface area (Å²) in [4.78, 5) is 14.3. The number of anilines is 2. The van der Waals surface area contributed by atoms with Gasteiger partial charge in [0, 0.05) is 31.0 Å². The number of nitrogens with zero attached hydrogens (tertiary/aromatic N) is 1. The number of rotatable bonds is 5. The van der Waals surface area contributed by atoms with Crippen LogP contribution in [0.3, 0.4) is 0 Å². The van der Waals surface area contributed by atoms with Gasteiger partial charge in [-0.25, -0.2) is 0 Å². The van der Waals surface area contributed by atoms with Crippen LogP contribution in [0.2, 0.25) is 0 Å². The molecule has 2 aromatic rings. The minimum absolute atomic E-state index is 0.196. The third-order valence-electron chi connectivity index (χ3n) is 3.29. The Kier molecular flexibility index (Phi) is 4.88. The van der Waals surface area contributed by atoms with Crippen molar-refractivity contribution in [3.63, 3.8) is 0 Å². The highest BCUT2D eigenvalue weighted by Gasteiger charge is 2.11. The zero-order valence-corrected chi connectivity index (χ0v) is 13.2. The van der Waals surface area contributed by atoms with Crippen molar-refractivity contribution in [2.75, 3.05) is 38.5 Å². The molecular weight excluding hydrogens is 280 g/mol. The summed E-state index contributed by atoms with van der Waals surface area (Å²) in [5.41, 5.74) is 2.32. The first-order valence-corrected chi connectivity index (χ1v) is 6.86. The van der Waals surface area contributed by atoms with Crippen LogP contribution >= 0.6 is 0 Å². The monoisotopic (exact) mass is 300 g/mol. The molecule has 0 aliphatic heterocycles. The normalized spacial score (nSPS) is 10.0. The lowest BCUT2D eigenvalue weighted by molar-refractivity contribution is 0.102. The number of amides is 1. The molecule has 2 aromatic carbocycles. The predicted octanol–water partition coefficient (Wildman–Crippen LogP) is 3.02. The van der Waals surface area contributed by atoms with Crippen LogP contribution in [-0.2, 0) is 0 Å². The molecule has 5 nitrogen and oxygen atoms in total. The highest BCUT2D eigenvalue weighted by atomic mass is 16.5. The molecular formula is C17H20N2O3. The number of nitrogens with one attached hydrogen (secondary N) is 1. The van der Waals surface area contributed by atoms with Crippen molar-refractivity contribution in [1.82, 2.24) is 0 Å². The zero-order valence-electron chi connectivity index (χ0n) is 13.2. The third-order valence-corrected chi connectivity index (χ3v) is 3.29. The molecule has 0 heterocycles. The highest BCUT2D eigenvalue weighted by Crippen LogP contribution is 2.28. The van der Waals surface area contributed by atoms with Crippen molar-refractivity contribution in [1.29, 1.82) is 0 Å². The van der Waals surface area contributed by atoms with E-state index in [0.717, 1.165) is 11.4 Å². The van der Waals surface area contributed by atoms with Gasteiger partial charge in [0.1, 0.15) is 0 Å². The summed E-state index contributed by atoms with van der Waals surface area (Å²) >= 11 is 0. The number of carbonyl (C=O) groups excluding carboxylic acids is 1. The Balaban J connectivity index is 2.15. The SMILES string of the molecule is COc1ccc(C(=O)Nc2ccc(N(C)C)cc2)cc1OC. The van der Waals surface area contributed by atoms with Crippen LogP contribution in [-0.4, -0.2) is 34.2 Å². The molecule has 1 N–H and O–H groups in total. The largest absolute Gasteiger partial charge is 0.493 e. The Morgan fingerprint density at radius 1 is 0.955 bits per heavy atom. The molecule has 1 amide bonds. The van der Waals surface area contributed by atoms with Crippen molar-refractivity contribution in [3.05, 3.63) is 48.0 Å². The first-order valence-electron chi connectivity index (χ1n) is 6.86. The molecule has 0 saturated carbocycles. The Morgan fingerprint density at radius 3 is 2.14 bits per heavy atom. The third kappa shape index (κ3) is 3.49. The standard InChI is InChI=1S/C17H20N2O3/c1-19(2)14-8-6-13(7-9-14)18-17(20)12-5-10-15(21-3)16(11-12)22-4/h5-11H,1-4H3,(H,18,20). The molecule has 116 valence electrons. The topological polar surface area (TPSA) is 50.8 Å². The van der Waals surface area contributed by atoms with E-state index >= 15 is 0 Å². The molecule has 0 saturated heterocycles. The van der Waals surface area contributed by atoms with E-state index in [4.69, 9.17) is 9.47 Å². The molecule has 0 aromatic heterocycles. The second kappa shape index (κ2) is 6.85. The summed E-state index contributed by atoms with van der Waals surface area (Å²) < 4.78 is 10.4. The maximum absolute atomic E-state index is 12.3. The summed E-state index contributed by atoms with van der Waals surface area (Å²) in [6.45, 7) is 0. The first-order chi connectivity index (χ1) is 10.5. The second-order valence-electron chi connectivity index (χ2n) is 4.97. The van der Waals surface area contributed by atoms with Gasteiger partial charge in [-0.15, -0.1) is 0 Å². The number of carbonyl (C=O) groups is 1. The van der Waals surface area contributed by atoms with E-state index in [1.807, 2.05) is 43.3 Å². The van der Waals surface area contributed by atoms with Crippen molar-refractivity contribution in [2.24, 2.45) is 0 Å². The number of benzene rings is 2. The van der Waals surface area contributed by atoms with Gasteiger partial charge in [0.2, 0.25) is 0 Å². The van der Waals surface area contributed by atoms with Crippen LogP contribution in [0.5, 0.6) is 11.5 Å². The van der Waals surface area contributed by atoms with E-state index in [0.29, 0.717) is 17.1 Å². The molecule has 0 aliphatic carbocycles. The minimum Gasteiger partial charge on any atom is -0.493 e. The Hall–Kier alpha value is -2.69. The molecule has 2 rings (SSSR count). The maximum atomic E-state index is 12.3. The fraction of sp³-hybridized carbons (Fsp3) is 0.235. The number of ether oxygens (including phenoxy) is 2. The minimum atomic E-state index is -0.196. The van der Waals surface area contributed by atoms with Gasteiger partial charge in [0.25, 0.3) is 5.91 Å². The molecule has 0 spiro atoms. The highest BCUT2D eigenvalue weighted by molar-refractivity contribution is 6.04. The van der Waals surface area contributed by atoms with E-state index in [9.17, 15) is 4.79 Å². The fourth-order valence-corrected chi connectivity index (χ4v) is 2.02. The van der Waals surface area contributed by atoms with Gasteiger partial charge in [-0.05, 0) is 42.5 Å². The Labute approximate surface area is 130 Å². The van der Waals surface area contributed by atoms with Crippen molar-refractivity contribution in [3.8, 4) is 11.5 Å². The predicted molar refractivity (Wildman–Crippen MR) is 88.3 cm³/mol. The first kappa shape index (κ1) is 15.7. The lowest BCUT2D eigenvalue weighted by Gasteiger charge is -2.13. The quantitative estimate of drug-likeness (QED) is 0.922. The molecule has 0 radical (unpaired) electrons. The average molecular weight is 300 g/mol. The van der Waals surface area contributed by atoms with Crippen LogP contribution < -0.4 is 19.7 Å². The van der Waals surface area contributed by atoms with Gasteiger partial charge < -0.3 is 19.7 Å². The molecule has 5 heteroatoms. The average Bonchev–Trinajstić information content (AvgIpc) is 2.54. The van der Waals surface area contributed by atoms with Gasteiger partial charge in [-0.2, -0.15) is 0 Å². The van der Waals surface area contributed by atoms with E-state index in [1.54, 1.807) is 32.4 Å². The van der Waals surface area contributed by atoms with Crippen molar-refractivity contribution in [2.45, 2.75) is 0 Å². The van der Waals surface area contributed by atoms with E-state index in [2.05, 4.69) is 5.32 Å².